The molecule has 132 valence electrons. The van der Waals surface area contributed by atoms with Crippen LogP contribution in [-0.2, 0) is 20.9 Å². The van der Waals surface area contributed by atoms with E-state index in [1.165, 1.54) is 7.11 Å². The SMILES string of the molecule is COC1[C@@H](NC(=O)C(F)(F)F)CCN1C(=O)OCc1ccccc1. The quantitative estimate of drug-likeness (QED) is 0.906. The number of amides is 2. The van der Waals surface area contributed by atoms with E-state index >= 15 is 0 Å². The maximum atomic E-state index is 12.3. The zero-order valence-corrected chi connectivity index (χ0v) is 12.9. The largest absolute Gasteiger partial charge is 0.471 e. The number of halogens is 3. The normalized spacial score (nSPS) is 20.8. The molecular formula is C15H17F3N2O4. The zero-order chi connectivity index (χ0) is 17.7. The van der Waals surface area contributed by atoms with Gasteiger partial charge in [-0.15, -0.1) is 0 Å². The smallest absolute Gasteiger partial charge is 0.444 e. The first-order valence-corrected chi connectivity index (χ1v) is 7.20. The van der Waals surface area contributed by atoms with E-state index in [0.717, 1.165) is 10.5 Å². The maximum Gasteiger partial charge on any atom is 0.471 e. The van der Waals surface area contributed by atoms with Crippen LogP contribution in [0.3, 0.4) is 0 Å². The Morgan fingerprint density at radius 3 is 2.54 bits per heavy atom. The minimum Gasteiger partial charge on any atom is -0.444 e. The fraction of sp³-hybridized carbons (Fsp3) is 0.467. The van der Waals surface area contributed by atoms with Gasteiger partial charge in [0.2, 0.25) is 0 Å². The predicted octanol–water partition coefficient (Wildman–Crippen LogP) is 2.05. The van der Waals surface area contributed by atoms with Crippen LogP contribution in [0.4, 0.5) is 18.0 Å². The standard InChI is InChI=1S/C15H17F3N2O4/c1-23-12-11(19-13(21)15(16,17)18)7-8-20(12)14(22)24-9-10-5-3-2-4-6-10/h2-6,11-12H,7-9H2,1H3,(H,19,21)/t11-,12?/m0/s1. The molecule has 0 spiro atoms. The second kappa shape index (κ2) is 7.52. The molecule has 1 aliphatic rings. The lowest BCUT2D eigenvalue weighted by atomic mass is 10.2. The van der Waals surface area contributed by atoms with Crippen LogP contribution in [0.2, 0.25) is 0 Å². The summed E-state index contributed by atoms with van der Waals surface area (Å²) in [5, 5.41) is 1.84. The Morgan fingerprint density at radius 2 is 1.96 bits per heavy atom. The van der Waals surface area contributed by atoms with E-state index in [4.69, 9.17) is 9.47 Å². The third-order valence-electron chi connectivity index (χ3n) is 3.59. The third kappa shape index (κ3) is 4.38. The van der Waals surface area contributed by atoms with Gasteiger partial charge >= 0.3 is 18.2 Å². The highest BCUT2D eigenvalue weighted by Crippen LogP contribution is 2.22. The molecule has 1 saturated heterocycles. The van der Waals surface area contributed by atoms with Gasteiger partial charge in [0.05, 0.1) is 6.04 Å². The number of alkyl halides is 3. The molecule has 1 aromatic carbocycles. The zero-order valence-electron chi connectivity index (χ0n) is 12.9. The maximum absolute atomic E-state index is 12.3. The van der Waals surface area contributed by atoms with Gasteiger partial charge < -0.3 is 14.8 Å². The first-order chi connectivity index (χ1) is 11.3. The number of nitrogens with one attached hydrogen (secondary N) is 1. The van der Waals surface area contributed by atoms with Crippen LogP contribution in [-0.4, -0.2) is 49.0 Å². The van der Waals surface area contributed by atoms with E-state index in [-0.39, 0.29) is 19.6 Å². The molecule has 2 atom stereocenters. The second-order valence-electron chi connectivity index (χ2n) is 5.23. The highest BCUT2D eigenvalue weighted by molar-refractivity contribution is 5.82. The summed E-state index contributed by atoms with van der Waals surface area (Å²) in [6, 6.07) is 8.00. The molecule has 0 bridgehead atoms. The molecule has 0 saturated carbocycles. The topological polar surface area (TPSA) is 67.9 Å². The van der Waals surface area contributed by atoms with Gasteiger partial charge in [0.15, 0.2) is 6.23 Å². The molecule has 9 heteroatoms. The summed E-state index contributed by atoms with van der Waals surface area (Å²) < 4.78 is 47.2. The summed E-state index contributed by atoms with van der Waals surface area (Å²) in [6.07, 6.45) is -6.57. The number of methoxy groups -OCH3 is 1. The van der Waals surface area contributed by atoms with Crippen LogP contribution < -0.4 is 5.32 Å². The van der Waals surface area contributed by atoms with Crippen molar-refractivity contribution in [3.63, 3.8) is 0 Å². The van der Waals surface area contributed by atoms with Gasteiger partial charge in [-0.25, -0.2) is 4.79 Å². The summed E-state index contributed by atoms with van der Waals surface area (Å²) in [5.74, 6) is -2.06. The third-order valence-corrected chi connectivity index (χ3v) is 3.59. The van der Waals surface area contributed by atoms with Crippen molar-refractivity contribution in [3.05, 3.63) is 35.9 Å². The first kappa shape index (κ1) is 18.1. The second-order valence-corrected chi connectivity index (χ2v) is 5.23. The lowest BCUT2D eigenvalue weighted by Gasteiger charge is -2.26. The van der Waals surface area contributed by atoms with Crippen LogP contribution in [0.25, 0.3) is 0 Å². The molecule has 0 aromatic heterocycles. The van der Waals surface area contributed by atoms with Gasteiger partial charge in [0.1, 0.15) is 6.61 Å². The number of rotatable bonds is 4. The Balaban J connectivity index is 1.93. The van der Waals surface area contributed by atoms with Gasteiger partial charge in [-0.3, -0.25) is 9.69 Å². The molecule has 2 amide bonds. The highest BCUT2D eigenvalue weighted by atomic mass is 19.4. The Bertz CT molecular complexity index is 580. The number of carbonyl (C=O) groups is 2. The molecule has 1 N–H and O–H groups in total. The number of hydrogen-bond acceptors (Lipinski definition) is 4. The van der Waals surface area contributed by atoms with Gasteiger partial charge in [0.25, 0.3) is 0 Å². The average molecular weight is 346 g/mol. The minimum atomic E-state index is -4.99. The monoisotopic (exact) mass is 346 g/mol. The molecule has 2 rings (SSSR count). The lowest BCUT2D eigenvalue weighted by Crippen LogP contribution is -2.50. The van der Waals surface area contributed by atoms with Crippen molar-refractivity contribution >= 4 is 12.0 Å². The number of hydrogen-bond donors (Lipinski definition) is 1. The number of likely N-dealkylation sites (tertiary alicyclic amines) is 1. The number of nitrogens with zero attached hydrogens (tertiary/aromatic N) is 1. The summed E-state index contributed by atoms with van der Waals surface area (Å²) in [5.41, 5.74) is 0.779. The molecule has 1 aliphatic heterocycles. The molecule has 1 unspecified atom stereocenters. The molecule has 0 radical (unpaired) electrons. The molecule has 1 fully saturated rings. The summed E-state index contributed by atoms with van der Waals surface area (Å²) >= 11 is 0. The molecule has 6 nitrogen and oxygen atoms in total. The predicted molar refractivity (Wildman–Crippen MR) is 76.7 cm³/mol. The van der Waals surface area contributed by atoms with Crippen LogP contribution >= 0.6 is 0 Å². The lowest BCUT2D eigenvalue weighted by molar-refractivity contribution is -0.175. The Hall–Kier alpha value is -2.29. The van der Waals surface area contributed by atoms with Crippen LogP contribution in [0.5, 0.6) is 0 Å². The van der Waals surface area contributed by atoms with E-state index in [9.17, 15) is 22.8 Å². The van der Waals surface area contributed by atoms with Crippen LogP contribution in [0.1, 0.15) is 12.0 Å². The van der Waals surface area contributed by atoms with E-state index in [2.05, 4.69) is 0 Å². The van der Waals surface area contributed by atoms with Crippen LogP contribution in [0, 0.1) is 0 Å². The van der Waals surface area contributed by atoms with Gasteiger partial charge in [-0.05, 0) is 12.0 Å². The van der Waals surface area contributed by atoms with Gasteiger partial charge in [-0.2, -0.15) is 13.2 Å². The van der Waals surface area contributed by atoms with E-state index in [0.29, 0.717) is 0 Å². The highest BCUT2D eigenvalue weighted by Gasteiger charge is 2.45. The van der Waals surface area contributed by atoms with Crippen molar-refractivity contribution in [3.8, 4) is 0 Å². The summed E-state index contributed by atoms with van der Waals surface area (Å²) in [7, 11) is 1.25. The Labute approximate surface area is 136 Å². The minimum absolute atomic E-state index is 0.0339. The molecule has 0 aliphatic carbocycles. The Morgan fingerprint density at radius 1 is 1.29 bits per heavy atom. The van der Waals surface area contributed by atoms with Gasteiger partial charge in [0, 0.05) is 13.7 Å². The van der Waals surface area contributed by atoms with Crippen molar-refractivity contribution < 1.29 is 32.2 Å². The fourth-order valence-electron chi connectivity index (χ4n) is 2.45. The van der Waals surface area contributed by atoms with Crippen molar-refractivity contribution in [1.82, 2.24) is 10.2 Å². The van der Waals surface area contributed by atoms with E-state index in [1.54, 1.807) is 24.3 Å². The Kier molecular flexibility index (Phi) is 5.66. The number of carbonyl (C=O) groups excluding carboxylic acids is 2. The van der Waals surface area contributed by atoms with Crippen molar-refractivity contribution in [1.29, 1.82) is 0 Å². The first-order valence-electron chi connectivity index (χ1n) is 7.20. The number of ether oxygens (including phenoxy) is 2. The van der Waals surface area contributed by atoms with E-state index in [1.807, 2.05) is 11.4 Å². The van der Waals surface area contributed by atoms with Crippen molar-refractivity contribution in [2.24, 2.45) is 0 Å². The number of benzene rings is 1. The molecule has 1 heterocycles. The average Bonchev–Trinajstić information content (AvgIpc) is 2.95. The molecule has 1 aromatic rings. The van der Waals surface area contributed by atoms with E-state index < -0.39 is 30.4 Å². The summed E-state index contributed by atoms with van der Waals surface area (Å²) in [6.45, 7) is 0.154. The van der Waals surface area contributed by atoms with Crippen LogP contribution in [0.15, 0.2) is 30.3 Å². The van der Waals surface area contributed by atoms with Gasteiger partial charge in [-0.1, -0.05) is 30.3 Å². The fourth-order valence-corrected chi connectivity index (χ4v) is 2.45. The molecular weight excluding hydrogens is 329 g/mol. The van der Waals surface area contributed by atoms with Crippen molar-refractivity contribution in [2.75, 3.05) is 13.7 Å². The molecule has 24 heavy (non-hydrogen) atoms. The summed E-state index contributed by atoms with van der Waals surface area (Å²) in [4.78, 5) is 24.3. The van der Waals surface area contributed by atoms with Crippen molar-refractivity contribution in [2.45, 2.75) is 31.5 Å².